The molecular formula is C18H19NO2. The fourth-order valence-corrected chi connectivity index (χ4v) is 1.99. The molecule has 0 N–H and O–H groups in total. The number of aryl methyl sites for hydroxylation is 1. The molecular weight excluding hydrogens is 262 g/mol. The Morgan fingerprint density at radius 3 is 1.86 bits per heavy atom. The van der Waals surface area contributed by atoms with Crippen molar-refractivity contribution in [1.82, 2.24) is 0 Å². The van der Waals surface area contributed by atoms with Gasteiger partial charge in [0.2, 0.25) is 0 Å². The van der Waals surface area contributed by atoms with E-state index in [2.05, 4.69) is 25.1 Å². The summed E-state index contributed by atoms with van der Waals surface area (Å²) in [4.78, 5) is 0. The first-order chi connectivity index (χ1) is 10.3. The normalized spacial score (nSPS) is 9.90. The number of rotatable bonds is 7. The van der Waals surface area contributed by atoms with Crippen LogP contribution in [0.15, 0.2) is 48.5 Å². The lowest BCUT2D eigenvalue weighted by atomic mass is 10.1. The van der Waals surface area contributed by atoms with Gasteiger partial charge < -0.3 is 9.47 Å². The fourth-order valence-electron chi connectivity index (χ4n) is 1.99. The summed E-state index contributed by atoms with van der Waals surface area (Å²) in [6.07, 6.45) is 2.25. The molecule has 0 bridgehead atoms. The van der Waals surface area contributed by atoms with Crippen molar-refractivity contribution >= 4 is 0 Å². The van der Waals surface area contributed by atoms with Crippen LogP contribution in [0, 0.1) is 11.3 Å². The van der Waals surface area contributed by atoms with Gasteiger partial charge in [-0.25, -0.2) is 0 Å². The lowest BCUT2D eigenvalue weighted by Crippen LogP contribution is -2.08. The Morgan fingerprint density at radius 2 is 1.38 bits per heavy atom. The van der Waals surface area contributed by atoms with E-state index in [0.717, 1.165) is 24.3 Å². The predicted octanol–water partition coefficient (Wildman–Crippen LogP) is 3.97. The van der Waals surface area contributed by atoms with Crippen molar-refractivity contribution < 1.29 is 9.47 Å². The van der Waals surface area contributed by atoms with E-state index in [0.29, 0.717) is 18.8 Å². The monoisotopic (exact) mass is 281 g/mol. The molecule has 0 saturated heterocycles. The van der Waals surface area contributed by atoms with Gasteiger partial charge in [0.05, 0.1) is 11.6 Å². The molecule has 0 aromatic heterocycles. The lowest BCUT2D eigenvalue weighted by molar-refractivity contribution is 0.217. The molecule has 0 spiro atoms. The Hall–Kier alpha value is -2.47. The molecule has 0 unspecified atom stereocenters. The van der Waals surface area contributed by atoms with Crippen LogP contribution in [0.3, 0.4) is 0 Å². The molecule has 3 heteroatoms. The Morgan fingerprint density at radius 1 is 0.857 bits per heavy atom. The molecule has 0 aliphatic carbocycles. The topological polar surface area (TPSA) is 42.2 Å². The summed E-state index contributed by atoms with van der Waals surface area (Å²) in [5.41, 5.74) is 1.96. The molecule has 21 heavy (non-hydrogen) atoms. The predicted molar refractivity (Wildman–Crippen MR) is 82.6 cm³/mol. The highest BCUT2D eigenvalue weighted by molar-refractivity contribution is 5.34. The first kappa shape index (κ1) is 14.9. The second-order valence-corrected chi connectivity index (χ2v) is 4.73. The van der Waals surface area contributed by atoms with Crippen LogP contribution < -0.4 is 9.47 Å². The molecule has 0 radical (unpaired) electrons. The van der Waals surface area contributed by atoms with E-state index in [1.54, 1.807) is 24.3 Å². The third-order valence-corrected chi connectivity index (χ3v) is 3.07. The van der Waals surface area contributed by atoms with Crippen LogP contribution >= 0.6 is 0 Å². The molecule has 2 aromatic carbocycles. The van der Waals surface area contributed by atoms with E-state index >= 15 is 0 Å². The molecule has 0 aliphatic heterocycles. The zero-order valence-electron chi connectivity index (χ0n) is 12.2. The van der Waals surface area contributed by atoms with Gasteiger partial charge in [0.1, 0.15) is 24.7 Å². The van der Waals surface area contributed by atoms with Gasteiger partial charge in [0.25, 0.3) is 0 Å². The van der Waals surface area contributed by atoms with E-state index in [1.165, 1.54) is 5.56 Å². The second kappa shape index (κ2) is 7.96. The summed E-state index contributed by atoms with van der Waals surface area (Å²) in [6, 6.07) is 17.3. The fraction of sp³-hybridized carbons (Fsp3) is 0.278. The summed E-state index contributed by atoms with van der Waals surface area (Å²) in [5.74, 6) is 1.61. The van der Waals surface area contributed by atoms with Gasteiger partial charge in [-0.2, -0.15) is 5.26 Å². The van der Waals surface area contributed by atoms with Gasteiger partial charge in [-0.15, -0.1) is 0 Å². The molecule has 0 heterocycles. The van der Waals surface area contributed by atoms with E-state index in [4.69, 9.17) is 14.7 Å². The summed E-state index contributed by atoms with van der Waals surface area (Å²) in [6.45, 7) is 3.14. The van der Waals surface area contributed by atoms with Crippen molar-refractivity contribution in [1.29, 1.82) is 5.26 Å². The maximum atomic E-state index is 8.71. The van der Waals surface area contributed by atoms with Crippen LogP contribution in [0.25, 0.3) is 0 Å². The Kier molecular flexibility index (Phi) is 5.66. The molecule has 0 aliphatic rings. The molecule has 2 aromatic rings. The van der Waals surface area contributed by atoms with Crippen LogP contribution in [-0.2, 0) is 6.42 Å². The molecule has 3 nitrogen and oxygen atoms in total. The van der Waals surface area contributed by atoms with Gasteiger partial charge in [0.15, 0.2) is 0 Å². The largest absolute Gasteiger partial charge is 0.490 e. The van der Waals surface area contributed by atoms with Crippen LogP contribution in [0.4, 0.5) is 0 Å². The molecule has 0 atom stereocenters. The van der Waals surface area contributed by atoms with Crippen molar-refractivity contribution in [2.75, 3.05) is 13.2 Å². The van der Waals surface area contributed by atoms with Crippen molar-refractivity contribution in [3.05, 3.63) is 59.7 Å². The smallest absolute Gasteiger partial charge is 0.122 e. The summed E-state index contributed by atoms with van der Waals surface area (Å²) < 4.78 is 11.2. The Labute approximate surface area is 125 Å². The van der Waals surface area contributed by atoms with Crippen molar-refractivity contribution in [3.63, 3.8) is 0 Å². The lowest BCUT2D eigenvalue weighted by Gasteiger charge is -2.09. The number of ether oxygens (including phenoxy) is 2. The second-order valence-electron chi connectivity index (χ2n) is 4.73. The Balaban J connectivity index is 1.72. The highest BCUT2D eigenvalue weighted by Crippen LogP contribution is 2.14. The third-order valence-electron chi connectivity index (χ3n) is 3.07. The summed E-state index contributed by atoms with van der Waals surface area (Å²) in [5, 5.41) is 8.71. The van der Waals surface area contributed by atoms with Crippen LogP contribution in [0.2, 0.25) is 0 Å². The van der Waals surface area contributed by atoms with E-state index in [-0.39, 0.29) is 0 Å². The molecule has 108 valence electrons. The number of nitrogens with zero attached hydrogens (tertiary/aromatic N) is 1. The Bertz CT molecular complexity index is 582. The minimum Gasteiger partial charge on any atom is -0.490 e. The minimum absolute atomic E-state index is 0.475. The molecule has 0 saturated carbocycles. The quantitative estimate of drug-likeness (QED) is 0.721. The van der Waals surface area contributed by atoms with Gasteiger partial charge in [0, 0.05) is 0 Å². The van der Waals surface area contributed by atoms with E-state index in [1.807, 2.05) is 12.1 Å². The maximum absolute atomic E-state index is 8.71. The minimum atomic E-state index is 0.475. The first-order valence-electron chi connectivity index (χ1n) is 7.16. The van der Waals surface area contributed by atoms with Crippen molar-refractivity contribution in [2.45, 2.75) is 19.8 Å². The standard InChI is InChI=1S/C18H19NO2/c1-2-3-15-4-8-17(9-5-15)20-12-13-21-18-10-6-16(14-19)7-11-18/h4-11H,2-3,12-13H2,1H3. The maximum Gasteiger partial charge on any atom is 0.122 e. The number of hydrogen-bond donors (Lipinski definition) is 0. The number of hydrogen-bond acceptors (Lipinski definition) is 3. The first-order valence-corrected chi connectivity index (χ1v) is 7.16. The molecule has 0 fully saturated rings. The van der Waals surface area contributed by atoms with Gasteiger partial charge in [-0.3, -0.25) is 0 Å². The number of nitriles is 1. The summed E-state index contributed by atoms with van der Waals surface area (Å²) >= 11 is 0. The van der Waals surface area contributed by atoms with E-state index < -0.39 is 0 Å². The van der Waals surface area contributed by atoms with Crippen molar-refractivity contribution in [3.8, 4) is 17.6 Å². The summed E-state index contributed by atoms with van der Waals surface area (Å²) in [7, 11) is 0. The zero-order valence-corrected chi connectivity index (χ0v) is 12.2. The highest BCUT2D eigenvalue weighted by Gasteiger charge is 1.97. The van der Waals surface area contributed by atoms with Crippen LogP contribution in [0.1, 0.15) is 24.5 Å². The average molecular weight is 281 g/mol. The molecule has 2 rings (SSSR count). The van der Waals surface area contributed by atoms with Crippen LogP contribution in [0.5, 0.6) is 11.5 Å². The van der Waals surface area contributed by atoms with Crippen LogP contribution in [-0.4, -0.2) is 13.2 Å². The van der Waals surface area contributed by atoms with Gasteiger partial charge >= 0.3 is 0 Å². The molecule has 0 amide bonds. The highest BCUT2D eigenvalue weighted by atomic mass is 16.5. The zero-order chi connectivity index (χ0) is 14.9. The van der Waals surface area contributed by atoms with E-state index in [9.17, 15) is 0 Å². The van der Waals surface area contributed by atoms with Crippen molar-refractivity contribution in [2.24, 2.45) is 0 Å². The third kappa shape index (κ3) is 4.85. The number of benzene rings is 2. The van der Waals surface area contributed by atoms with Gasteiger partial charge in [-0.05, 0) is 48.4 Å². The SMILES string of the molecule is CCCc1ccc(OCCOc2ccc(C#N)cc2)cc1. The average Bonchev–Trinajstić information content (AvgIpc) is 2.54. The van der Waals surface area contributed by atoms with Gasteiger partial charge in [-0.1, -0.05) is 25.5 Å².